The van der Waals surface area contributed by atoms with E-state index in [9.17, 15) is 14.0 Å². The first-order valence-electron chi connectivity index (χ1n) is 8.07. The molecule has 8 heteroatoms. The lowest BCUT2D eigenvalue weighted by atomic mass is 10.1. The van der Waals surface area contributed by atoms with Crippen LogP contribution in [-0.4, -0.2) is 27.8 Å². The lowest BCUT2D eigenvalue weighted by Gasteiger charge is -2.17. The maximum absolute atomic E-state index is 12.9. The summed E-state index contributed by atoms with van der Waals surface area (Å²) < 4.78 is 14.4. The summed E-state index contributed by atoms with van der Waals surface area (Å²) in [5, 5.41) is 12.1. The monoisotopic (exact) mass is 347 g/mol. The lowest BCUT2D eigenvalue weighted by Crippen LogP contribution is -2.47. The summed E-state index contributed by atoms with van der Waals surface area (Å²) in [6.45, 7) is 2.17. The number of carbonyl (C=O) groups is 2. The molecule has 134 valence electrons. The van der Waals surface area contributed by atoms with Gasteiger partial charge in [0.1, 0.15) is 11.9 Å². The van der Waals surface area contributed by atoms with E-state index in [1.165, 1.54) is 12.1 Å². The molecule has 0 spiro atoms. The first-order valence-corrected chi connectivity index (χ1v) is 8.07. The highest BCUT2D eigenvalue weighted by Gasteiger charge is 2.20. The Hall–Kier alpha value is -2.90. The molecule has 2 aromatic rings. The molecule has 3 N–H and O–H groups in total. The zero-order chi connectivity index (χ0) is 18.2. The molecule has 0 saturated heterocycles. The molecule has 3 amide bonds. The molecule has 0 aliphatic carbocycles. The molecule has 0 aliphatic rings. The number of anilines is 1. The van der Waals surface area contributed by atoms with Crippen LogP contribution in [0.2, 0.25) is 0 Å². The van der Waals surface area contributed by atoms with Crippen LogP contribution < -0.4 is 16.0 Å². The van der Waals surface area contributed by atoms with E-state index in [4.69, 9.17) is 0 Å². The molecule has 0 radical (unpaired) electrons. The Morgan fingerprint density at radius 2 is 1.96 bits per heavy atom. The number of carbonyl (C=O) groups excluding carboxylic acids is 2. The fourth-order valence-electron chi connectivity index (χ4n) is 2.25. The van der Waals surface area contributed by atoms with E-state index < -0.39 is 12.1 Å². The first-order chi connectivity index (χ1) is 12.0. The van der Waals surface area contributed by atoms with Crippen molar-refractivity contribution in [2.75, 3.05) is 5.32 Å². The molecule has 1 atom stereocenters. The Bertz CT molecular complexity index is 714. The van der Waals surface area contributed by atoms with Crippen LogP contribution in [0.15, 0.2) is 36.5 Å². The van der Waals surface area contributed by atoms with Crippen LogP contribution in [0.25, 0.3) is 0 Å². The highest BCUT2D eigenvalue weighted by Crippen LogP contribution is 2.05. The largest absolute Gasteiger partial charge is 0.334 e. The van der Waals surface area contributed by atoms with Crippen molar-refractivity contribution in [1.82, 2.24) is 20.4 Å². The standard InChI is InChI=1S/C17H22FN5O2/c1-3-4-14(16(24)21-15-9-10-23(2)22-15)20-17(25)19-11-12-5-7-13(18)8-6-12/h5-10,14H,3-4,11H2,1-2H3,(H2,19,20,25)(H,21,22,24). The van der Waals surface area contributed by atoms with Crippen molar-refractivity contribution in [2.24, 2.45) is 7.05 Å². The van der Waals surface area contributed by atoms with Gasteiger partial charge in [-0.1, -0.05) is 25.5 Å². The van der Waals surface area contributed by atoms with Crippen LogP contribution in [0.5, 0.6) is 0 Å². The fourth-order valence-corrected chi connectivity index (χ4v) is 2.25. The second-order valence-electron chi connectivity index (χ2n) is 5.66. The number of nitrogens with zero attached hydrogens (tertiary/aromatic N) is 2. The van der Waals surface area contributed by atoms with E-state index >= 15 is 0 Å². The third-order valence-electron chi connectivity index (χ3n) is 3.53. The van der Waals surface area contributed by atoms with Gasteiger partial charge in [0, 0.05) is 25.9 Å². The third-order valence-corrected chi connectivity index (χ3v) is 3.53. The van der Waals surface area contributed by atoms with Crippen molar-refractivity contribution in [2.45, 2.75) is 32.4 Å². The predicted molar refractivity (Wildman–Crippen MR) is 92.3 cm³/mol. The summed E-state index contributed by atoms with van der Waals surface area (Å²) in [5.41, 5.74) is 0.765. The summed E-state index contributed by atoms with van der Waals surface area (Å²) in [7, 11) is 1.75. The number of aromatic nitrogens is 2. The maximum Gasteiger partial charge on any atom is 0.315 e. The predicted octanol–water partition coefficient (Wildman–Crippen LogP) is 2.17. The number of rotatable bonds is 7. The minimum absolute atomic E-state index is 0.243. The number of amides is 3. The molecule has 7 nitrogen and oxygen atoms in total. The number of halogens is 1. The van der Waals surface area contributed by atoms with Gasteiger partial charge in [-0.05, 0) is 24.1 Å². The molecule has 25 heavy (non-hydrogen) atoms. The second kappa shape index (κ2) is 8.81. The molecule has 1 aromatic heterocycles. The number of urea groups is 1. The van der Waals surface area contributed by atoms with Gasteiger partial charge in [-0.25, -0.2) is 9.18 Å². The van der Waals surface area contributed by atoms with Crippen LogP contribution in [-0.2, 0) is 18.4 Å². The number of aryl methyl sites for hydroxylation is 1. The van der Waals surface area contributed by atoms with Crippen LogP contribution >= 0.6 is 0 Å². The summed E-state index contributed by atoms with van der Waals surface area (Å²) >= 11 is 0. The van der Waals surface area contributed by atoms with Gasteiger partial charge >= 0.3 is 6.03 Å². The molecule has 0 bridgehead atoms. The van der Waals surface area contributed by atoms with Gasteiger partial charge in [0.25, 0.3) is 0 Å². The van der Waals surface area contributed by atoms with Gasteiger partial charge in [0.15, 0.2) is 5.82 Å². The van der Waals surface area contributed by atoms with Crippen molar-refractivity contribution in [3.05, 3.63) is 47.9 Å². The Labute approximate surface area is 145 Å². The number of hydrogen-bond donors (Lipinski definition) is 3. The Morgan fingerprint density at radius 1 is 1.24 bits per heavy atom. The SMILES string of the molecule is CCCC(NC(=O)NCc1ccc(F)cc1)C(=O)Nc1ccn(C)n1. The molecule has 1 unspecified atom stereocenters. The van der Waals surface area contributed by atoms with Crippen LogP contribution in [0.3, 0.4) is 0 Å². The van der Waals surface area contributed by atoms with E-state index in [-0.39, 0.29) is 18.3 Å². The minimum atomic E-state index is -0.666. The molecular weight excluding hydrogens is 325 g/mol. The van der Waals surface area contributed by atoms with Gasteiger partial charge < -0.3 is 16.0 Å². The van der Waals surface area contributed by atoms with Gasteiger partial charge in [0.05, 0.1) is 0 Å². The Morgan fingerprint density at radius 3 is 2.56 bits per heavy atom. The van der Waals surface area contributed by atoms with Crippen molar-refractivity contribution >= 4 is 17.8 Å². The summed E-state index contributed by atoms with van der Waals surface area (Å²) in [4.78, 5) is 24.3. The fraction of sp³-hybridized carbons (Fsp3) is 0.353. The van der Waals surface area contributed by atoms with E-state index in [0.717, 1.165) is 12.0 Å². The summed E-state index contributed by atoms with van der Waals surface area (Å²) in [5.74, 6) is -0.220. The second-order valence-corrected chi connectivity index (χ2v) is 5.66. The molecule has 0 aliphatic heterocycles. The average Bonchev–Trinajstić information content (AvgIpc) is 2.99. The minimum Gasteiger partial charge on any atom is -0.334 e. The van der Waals surface area contributed by atoms with Crippen LogP contribution in [0, 0.1) is 5.82 Å². The van der Waals surface area contributed by atoms with E-state index in [0.29, 0.717) is 12.2 Å². The van der Waals surface area contributed by atoms with Crippen molar-refractivity contribution in [3.8, 4) is 0 Å². The van der Waals surface area contributed by atoms with Gasteiger partial charge in [-0.2, -0.15) is 5.10 Å². The molecule has 0 fully saturated rings. The van der Waals surface area contributed by atoms with Gasteiger partial charge in [-0.15, -0.1) is 0 Å². The molecule has 1 heterocycles. The zero-order valence-corrected chi connectivity index (χ0v) is 14.3. The van der Waals surface area contributed by atoms with Crippen molar-refractivity contribution < 1.29 is 14.0 Å². The van der Waals surface area contributed by atoms with Gasteiger partial charge in [0.2, 0.25) is 5.91 Å². The quantitative estimate of drug-likeness (QED) is 0.717. The Kier molecular flexibility index (Phi) is 6.50. The lowest BCUT2D eigenvalue weighted by molar-refractivity contribution is -0.118. The molecule has 0 saturated carbocycles. The number of benzene rings is 1. The normalized spacial score (nSPS) is 11.6. The third kappa shape index (κ3) is 5.91. The zero-order valence-electron chi connectivity index (χ0n) is 14.3. The number of hydrogen-bond acceptors (Lipinski definition) is 3. The summed E-state index contributed by atoms with van der Waals surface area (Å²) in [6.07, 6.45) is 2.95. The van der Waals surface area contributed by atoms with Crippen LogP contribution in [0.1, 0.15) is 25.3 Å². The average molecular weight is 347 g/mol. The smallest absolute Gasteiger partial charge is 0.315 e. The van der Waals surface area contributed by atoms with Crippen molar-refractivity contribution in [3.63, 3.8) is 0 Å². The highest BCUT2D eigenvalue weighted by molar-refractivity contribution is 5.96. The summed E-state index contributed by atoms with van der Waals surface area (Å²) in [6, 6.07) is 6.39. The topological polar surface area (TPSA) is 88.0 Å². The number of nitrogens with one attached hydrogen (secondary N) is 3. The van der Waals surface area contributed by atoms with E-state index in [2.05, 4.69) is 21.0 Å². The van der Waals surface area contributed by atoms with Gasteiger partial charge in [-0.3, -0.25) is 9.48 Å². The molecular formula is C17H22FN5O2. The van der Waals surface area contributed by atoms with Crippen LogP contribution in [0.4, 0.5) is 15.0 Å². The molecule has 1 aromatic carbocycles. The van der Waals surface area contributed by atoms with E-state index in [1.807, 2.05) is 6.92 Å². The van der Waals surface area contributed by atoms with Crippen molar-refractivity contribution in [1.29, 1.82) is 0 Å². The highest BCUT2D eigenvalue weighted by atomic mass is 19.1. The first kappa shape index (κ1) is 18.4. The Balaban J connectivity index is 1.87. The van der Waals surface area contributed by atoms with E-state index in [1.54, 1.807) is 36.1 Å². The molecule has 2 rings (SSSR count). The maximum atomic E-state index is 12.9.